The summed E-state index contributed by atoms with van der Waals surface area (Å²) in [4.78, 5) is 16.6. The van der Waals surface area contributed by atoms with E-state index in [0.29, 0.717) is 39.5 Å². The number of aromatic nitrogens is 3. The Morgan fingerprint density at radius 2 is 1.71 bits per heavy atom. The second kappa shape index (κ2) is 9.00. The van der Waals surface area contributed by atoms with Crippen molar-refractivity contribution in [2.75, 3.05) is 6.54 Å². The number of amides is 1. The first kappa shape index (κ1) is 23.9. The molecule has 0 atom stereocenters. The van der Waals surface area contributed by atoms with Gasteiger partial charge < -0.3 is 5.32 Å². The van der Waals surface area contributed by atoms with Crippen LogP contribution < -0.4 is 5.32 Å². The Hall–Kier alpha value is -2.81. The van der Waals surface area contributed by atoms with Crippen LogP contribution in [0.25, 0.3) is 28.0 Å². The van der Waals surface area contributed by atoms with Gasteiger partial charge in [-0.15, -0.1) is 5.10 Å². The predicted octanol–water partition coefficient (Wildman–Crippen LogP) is 7.21. The predicted molar refractivity (Wildman–Crippen MR) is 129 cm³/mol. The average Bonchev–Trinajstić information content (AvgIpc) is 3.56. The second-order valence-corrected chi connectivity index (χ2v) is 9.55. The van der Waals surface area contributed by atoms with Gasteiger partial charge in [-0.1, -0.05) is 46.9 Å². The van der Waals surface area contributed by atoms with Crippen molar-refractivity contribution in [2.45, 2.75) is 19.0 Å². The van der Waals surface area contributed by atoms with Gasteiger partial charge in [0.15, 0.2) is 11.3 Å². The van der Waals surface area contributed by atoms with Gasteiger partial charge in [-0.2, -0.15) is 13.2 Å². The normalized spacial score (nSPS) is 13.9. The Morgan fingerprint density at radius 1 is 1.03 bits per heavy atom. The monoisotopic (exact) mass is 538 g/mol. The van der Waals surface area contributed by atoms with Gasteiger partial charge in [0.05, 0.1) is 22.0 Å². The number of benzene rings is 2. The van der Waals surface area contributed by atoms with Gasteiger partial charge in [0.25, 0.3) is 5.91 Å². The number of nitrogens with zero attached hydrogens (tertiary/aromatic N) is 3. The summed E-state index contributed by atoms with van der Waals surface area (Å²) in [5.41, 5.74) is -0.679. The molecule has 0 spiro atoms. The molecule has 5 nitrogen and oxygen atoms in total. The summed E-state index contributed by atoms with van der Waals surface area (Å²) in [6, 6.07) is 12.6. The van der Waals surface area contributed by atoms with Crippen LogP contribution in [0, 0.1) is 5.92 Å². The van der Waals surface area contributed by atoms with Crippen molar-refractivity contribution >= 4 is 51.7 Å². The number of hydrogen-bond acceptors (Lipinski definition) is 3. The lowest BCUT2D eigenvalue weighted by Crippen LogP contribution is -2.28. The highest BCUT2D eigenvalue weighted by Crippen LogP contribution is 2.38. The lowest BCUT2D eigenvalue weighted by Gasteiger charge is -2.13. The first-order valence-electron chi connectivity index (χ1n) is 10.6. The first-order valence-corrected chi connectivity index (χ1v) is 11.8. The molecule has 5 rings (SSSR count). The summed E-state index contributed by atoms with van der Waals surface area (Å²) in [6.45, 7) is 0.317. The summed E-state index contributed by atoms with van der Waals surface area (Å²) < 4.78 is 43.2. The quantitative estimate of drug-likeness (QED) is 0.292. The maximum absolute atomic E-state index is 13.9. The van der Waals surface area contributed by atoms with Gasteiger partial charge in [0, 0.05) is 27.5 Å². The van der Waals surface area contributed by atoms with Crippen molar-refractivity contribution in [1.82, 2.24) is 20.1 Å². The van der Waals surface area contributed by atoms with Crippen molar-refractivity contribution < 1.29 is 18.0 Å². The second-order valence-electron chi connectivity index (χ2n) is 8.27. The van der Waals surface area contributed by atoms with E-state index in [0.717, 1.165) is 12.8 Å². The minimum atomic E-state index is -4.86. The standard InChI is InChI=1S/C24H16Cl3F3N4O/c25-14-5-3-13(4-6-14)20-16-10-17(23(35)31-11-12-1-2-12)21(24(28,29)30)32-22(16)33-34(20)19-8-7-15(26)9-18(19)27/h3-10,12H,1-2,11H2,(H,31,35). The molecule has 1 saturated carbocycles. The summed E-state index contributed by atoms with van der Waals surface area (Å²) in [7, 11) is 0. The van der Waals surface area contributed by atoms with Crippen molar-refractivity contribution in [3.63, 3.8) is 0 Å². The molecule has 2 aromatic carbocycles. The van der Waals surface area contributed by atoms with Crippen molar-refractivity contribution in [1.29, 1.82) is 0 Å². The smallest absolute Gasteiger partial charge is 0.352 e. The van der Waals surface area contributed by atoms with E-state index in [9.17, 15) is 18.0 Å². The molecule has 2 heterocycles. The Bertz CT molecular complexity index is 1450. The highest BCUT2D eigenvalue weighted by molar-refractivity contribution is 6.35. The third-order valence-corrected chi connectivity index (χ3v) is 6.47. The molecule has 0 unspecified atom stereocenters. The Morgan fingerprint density at radius 3 is 2.34 bits per heavy atom. The Labute approximate surface area is 212 Å². The highest BCUT2D eigenvalue weighted by Gasteiger charge is 2.39. The number of rotatable bonds is 5. The van der Waals surface area contributed by atoms with Gasteiger partial charge in [-0.05, 0) is 55.2 Å². The first-order chi connectivity index (χ1) is 16.6. The molecule has 35 heavy (non-hydrogen) atoms. The van der Waals surface area contributed by atoms with Crippen molar-refractivity contribution in [3.8, 4) is 16.9 Å². The van der Waals surface area contributed by atoms with E-state index in [-0.39, 0.29) is 16.1 Å². The summed E-state index contributed by atoms with van der Waals surface area (Å²) in [5, 5.41) is 8.29. The largest absolute Gasteiger partial charge is 0.434 e. The fourth-order valence-electron chi connectivity index (χ4n) is 3.77. The van der Waals surface area contributed by atoms with E-state index >= 15 is 0 Å². The third kappa shape index (κ3) is 4.83. The van der Waals surface area contributed by atoms with Crippen LogP contribution in [-0.2, 0) is 6.18 Å². The molecule has 0 aliphatic heterocycles. The number of hydrogen-bond donors (Lipinski definition) is 1. The topological polar surface area (TPSA) is 59.8 Å². The van der Waals surface area contributed by atoms with E-state index < -0.39 is 23.3 Å². The molecule has 1 aliphatic carbocycles. The molecule has 180 valence electrons. The highest BCUT2D eigenvalue weighted by atomic mass is 35.5. The van der Waals surface area contributed by atoms with Gasteiger partial charge in [-0.25, -0.2) is 9.67 Å². The fraction of sp³-hybridized carbons (Fsp3) is 0.208. The molecular weight excluding hydrogens is 524 g/mol. The zero-order valence-corrected chi connectivity index (χ0v) is 20.1. The number of carbonyl (C=O) groups is 1. The van der Waals surface area contributed by atoms with Crippen LogP contribution in [0.15, 0.2) is 48.5 Å². The number of halogens is 6. The van der Waals surface area contributed by atoms with Crippen LogP contribution in [0.3, 0.4) is 0 Å². The van der Waals surface area contributed by atoms with Crippen LogP contribution >= 0.6 is 34.8 Å². The number of carbonyl (C=O) groups excluding carboxylic acids is 1. The van der Waals surface area contributed by atoms with Crippen LogP contribution in [-0.4, -0.2) is 27.2 Å². The number of pyridine rings is 1. The molecule has 1 N–H and O–H groups in total. The van der Waals surface area contributed by atoms with Crippen LogP contribution in [0.2, 0.25) is 15.1 Å². The zero-order valence-electron chi connectivity index (χ0n) is 17.8. The van der Waals surface area contributed by atoms with E-state index in [1.807, 2.05) is 0 Å². The lowest BCUT2D eigenvalue weighted by atomic mass is 10.0. The van der Waals surface area contributed by atoms with E-state index in [4.69, 9.17) is 34.8 Å². The number of nitrogens with one attached hydrogen (secondary N) is 1. The van der Waals surface area contributed by atoms with Crippen molar-refractivity contribution in [3.05, 3.63) is 74.9 Å². The van der Waals surface area contributed by atoms with Gasteiger partial charge in [-0.3, -0.25) is 4.79 Å². The molecule has 1 amide bonds. The van der Waals surface area contributed by atoms with Crippen LogP contribution in [0.4, 0.5) is 13.2 Å². The molecule has 4 aromatic rings. The summed E-state index contributed by atoms with van der Waals surface area (Å²) in [6.07, 6.45) is -2.97. The molecule has 11 heteroatoms. The van der Waals surface area contributed by atoms with E-state index in [1.165, 1.54) is 16.8 Å². The fourth-order valence-corrected chi connectivity index (χ4v) is 4.38. The van der Waals surface area contributed by atoms with Crippen LogP contribution in [0.5, 0.6) is 0 Å². The number of fused-ring (bicyclic) bond motifs is 1. The molecule has 1 fully saturated rings. The minimum Gasteiger partial charge on any atom is -0.352 e. The maximum atomic E-state index is 13.9. The van der Waals surface area contributed by atoms with Crippen LogP contribution in [0.1, 0.15) is 28.9 Å². The maximum Gasteiger partial charge on any atom is 0.434 e. The summed E-state index contributed by atoms with van der Waals surface area (Å²) in [5.74, 6) is -0.539. The molecule has 0 radical (unpaired) electrons. The molecule has 1 aliphatic rings. The van der Waals surface area contributed by atoms with Crippen molar-refractivity contribution in [2.24, 2.45) is 5.92 Å². The lowest BCUT2D eigenvalue weighted by molar-refractivity contribution is -0.141. The summed E-state index contributed by atoms with van der Waals surface area (Å²) >= 11 is 18.5. The molecule has 0 bridgehead atoms. The molecular formula is C24H16Cl3F3N4O. The minimum absolute atomic E-state index is 0.188. The SMILES string of the molecule is O=C(NCC1CC1)c1cc2c(-c3ccc(Cl)cc3)n(-c3ccc(Cl)cc3Cl)nc2nc1C(F)(F)F. The van der Waals surface area contributed by atoms with Gasteiger partial charge in [0.1, 0.15) is 0 Å². The third-order valence-electron chi connectivity index (χ3n) is 5.68. The molecule has 2 aromatic heterocycles. The van der Waals surface area contributed by atoms with Gasteiger partial charge in [0.2, 0.25) is 0 Å². The number of alkyl halides is 3. The Kier molecular flexibility index (Phi) is 6.15. The Balaban J connectivity index is 1.77. The van der Waals surface area contributed by atoms with E-state index in [1.54, 1.807) is 36.4 Å². The van der Waals surface area contributed by atoms with E-state index in [2.05, 4.69) is 15.4 Å². The molecule has 0 saturated heterocycles. The zero-order chi connectivity index (χ0) is 24.9. The average molecular weight is 540 g/mol. The van der Waals surface area contributed by atoms with Gasteiger partial charge >= 0.3 is 6.18 Å².